The van der Waals surface area contributed by atoms with Gasteiger partial charge in [0.25, 0.3) is 0 Å². The van der Waals surface area contributed by atoms with Crippen molar-refractivity contribution in [3.8, 4) is 11.5 Å². The number of rotatable bonds is 8. The lowest BCUT2D eigenvalue weighted by molar-refractivity contribution is -0.116. The summed E-state index contributed by atoms with van der Waals surface area (Å²) in [5.41, 5.74) is 2.58. The predicted octanol–water partition coefficient (Wildman–Crippen LogP) is 2.67. The number of benzene rings is 2. The van der Waals surface area contributed by atoms with Crippen molar-refractivity contribution >= 4 is 12.0 Å². The molecule has 0 saturated heterocycles. The number of hydrogen-bond acceptors (Lipinski definition) is 5. The molecule has 1 N–H and O–H groups in total. The molecule has 1 amide bonds. The first-order valence-corrected chi connectivity index (χ1v) is 8.79. The highest BCUT2D eigenvalue weighted by Crippen LogP contribution is 2.23. The zero-order valence-corrected chi connectivity index (χ0v) is 15.8. The van der Waals surface area contributed by atoms with Gasteiger partial charge in [0.05, 0.1) is 27.0 Å². The molecule has 2 aromatic carbocycles. The number of aromatic nitrogens is 3. The largest absolute Gasteiger partial charge is 0.497 e. The number of carbonyl (C=O) groups is 1. The fourth-order valence-electron chi connectivity index (χ4n) is 2.66. The van der Waals surface area contributed by atoms with Crippen molar-refractivity contribution in [1.29, 1.82) is 0 Å². The van der Waals surface area contributed by atoms with Gasteiger partial charge in [-0.3, -0.25) is 4.79 Å². The average Bonchev–Trinajstić information content (AvgIpc) is 3.18. The van der Waals surface area contributed by atoms with Crippen LogP contribution in [0.4, 0.5) is 0 Å². The van der Waals surface area contributed by atoms with Gasteiger partial charge in [0.1, 0.15) is 17.2 Å². The number of hydrogen-bond donors (Lipinski definition) is 1. The van der Waals surface area contributed by atoms with Crippen molar-refractivity contribution in [3.05, 3.63) is 77.6 Å². The molecule has 3 rings (SSSR count). The summed E-state index contributed by atoms with van der Waals surface area (Å²) in [6, 6.07) is 15.4. The maximum absolute atomic E-state index is 12.1. The van der Waals surface area contributed by atoms with Crippen LogP contribution in [0, 0.1) is 0 Å². The molecule has 0 atom stereocenters. The number of nitrogens with zero attached hydrogens (tertiary/aromatic N) is 3. The van der Waals surface area contributed by atoms with E-state index in [1.807, 2.05) is 42.5 Å². The van der Waals surface area contributed by atoms with Gasteiger partial charge in [-0.25, -0.2) is 4.68 Å². The Kier molecular flexibility index (Phi) is 6.41. The number of ether oxygens (including phenoxy) is 2. The van der Waals surface area contributed by atoms with Gasteiger partial charge in [-0.2, -0.15) is 0 Å². The highest BCUT2D eigenvalue weighted by molar-refractivity contribution is 5.91. The van der Waals surface area contributed by atoms with Crippen LogP contribution in [0.2, 0.25) is 0 Å². The maximum atomic E-state index is 12.1. The van der Waals surface area contributed by atoms with Gasteiger partial charge in [0.2, 0.25) is 5.91 Å². The van der Waals surface area contributed by atoms with E-state index in [2.05, 4.69) is 15.6 Å². The van der Waals surface area contributed by atoms with Gasteiger partial charge in [-0.15, -0.1) is 5.10 Å². The molecule has 7 nitrogen and oxygen atoms in total. The predicted molar refractivity (Wildman–Crippen MR) is 106 cm³/mol. The highest BCUT2D eigenvalue weighted by atomic mass is 16.5. The zero-order valence-electron chi connectivity index (χ0n) is 15.8. The third-order valence-electron chi connectivity index (χ3n) is 4.09. The summed E-state index contributed by atoms with van der Waals surface area (Å²) in [7, 11) is 3.18. The van der Waals surface area contributed by atoms with E-state index in [1.54, 1.807) is 37.2 Å². The summed E-state index contributed by atoms with van der Waals surface area (Å²) < 4.78 is 12.3. The van der Waals surface area contributed by atoms with Crippen molar-refractivity contribution in [2.24, 2.45) is 0 Å². The van der Waals surface area contributed by atoms with Crippen LogP contribution in [0.1, 0.15) is 16.8 Å². The molecular weight excluding hydrogens is 356 g/mol. The van der Waals surface area contributed by atoms with Crippen molar-refractivity contribution < 1.29 is 14.3 Å². The Balaban J connectivity index is 1.56. The molecule has 0 bridgehead atoms. The molecule has 28 heavy (non-hydrogen) atoms. The second-order valence-electron chi connectivity index (χ2n) is 6.06. The summed E-state index contributed by atoms with van der Waals surface area (Å²) in [6.07, 6.45) is 4.86. The Bertz CT molecular complexity index is 951. The van der Waals surface area contributed by atoms with Crippen LogP contribution in [0.25, 0.3) is 6.08 Å². The SMILES string of the molecule is COc1ccc(OC)c(CNC(=O)/C=C/c2cn(Cc3ccccc3)nn2)c1. The summed E-state index contributed by atoms with van der Waals surface area (Å²) in [5, 5.41) is 11.0. The normalized spacial score (nSPS) is 10.8. The Morgan fingerprint density at radius 2 is 1.96 bits per heavy atom. The smallest absolute Gasteiger partial charge is 0.244 e. The third kappa shape index (κ3) is 5.20. The second kappa shape index (κ2) is 9.36. The fraction of sp³-hybridized carbons (Fsp3) is 0.190. The Morgan fingerprint density at radius 3 is 2.71 bits per heavy atom. The summed E-state index contributed by atoms with van der Waals surface area (Å²) in [6.45, 7) is 0.952. The van der Waals surface area contributed by atoms with Crippen molar-refractivity contribution in [2.45, 2.75) is 13.1 Å². The summed E-state index contributed by atoms with van der Waals surface area (Å²) >= 11 is 0. The molecule has 1 aromatic heterocycles. The Morgan fingerprint density at radius 1 is 1.14 bits per heavy atom. The molecule has 0 spiro atoms. The number of methoxy groups -OCH3 is 2. The van der Waals surface area contributed by atoms with Gasteiger partial charge in [-0.1, -0.05) is 35.5 Å². The third-order valence-corrected chi connectivity index (χ3v) is 4.09. The van der Waals surface area contributed by atoms with Gasteiger partial charge >= 0.3 is 0 Å². The highest BCUT2D eigenvalue weighted by Gasteiger charge is 2.06. The van der Waals surface area contributed by atoms with Crippen LogP contribution < -0.4 is 14.8 Å². The maximum Gasteiger partial charge on any atom is 0.244 e. The minimum absolute atomic E-state index is 0.234. The monoisotopic (exact) mass is 378 g/mol. The van der Waals surface area contributed by atoms with E-state index in [0.717, 1.165) is 11.1 Å². The van der Waals surface area contributed by atoms with Crippen LogP contribution in [-0.2, 0) is 17.9 Å². The van der Waals surface area contributed by atoms with Gasteiger partial charge < -0.3 is 14.8 Å². The molecular formula is C21H22N4O3. The summed E-state index contributed by atoms with van der Waals surface area (Å²) in [4.78, 5) is 12.1. The molecule has 0 aliphatic carbocycles. The van der Waals surface area contributed by atoms with Crippen molar-refractivity contribution in [3.63, 3.8) is 0 Å². The van der Waals surface area contributed by atoms with E-state index in [1.165, 1.54) is 6.08 Å². The lowest BCUT2D eigenvalue weighted by Crippen LogP contribution is -2.20. The molecule has 0 aliphatic heterocycles. The van der Waals surface area contributed by atoms with Crippen LogP contribution in [0.5, 0.6) is 11.5 Å². The van der Waals surface area contributed by atoms with Crippen molar-refractivity contribution in [1.82, 2.24) is 20.3 Å². The molecule has 0 unspecified atom stereocenters. The molecule has 144 valence electrons. The molecule has 0 radical (unpaired) electrons. The molecule has 1 heterocycles. The molecule has 0 aliphatic rings. The lowest BCUT2D eigenvalue weighted by atomic mass is 10.2. The Hall–Kier alpha value is -3.61. The van der Waals surface area contributed by atoms with E-state index in [-0.39, 0.29) is 5.91 Å². The molecule has 0 fully saturated rings. The second-order valence-corrected chi connectivity index (χ2v) is 6.06. The van der Waals surface area contributed by atoms with E-state index >= 15 is 0 Å². The minimum atomic E-state index is -0.234. The molecule has 0 saturated carbocycles. The van der Waals surface area contributed by atoms with Crippen LogP contribution in [0.3, 0.4) is 0 Å². The lowest BCUT2D eigenvalue weighted by Gasteiger charge is -2.10. The Labute approximate surface area is 163 Å². The molecule has 7 heteroatoms. The summed E-state index contributed by atoms with van der Waals surface area (Å²) in [5.74, 6) is 1.16. The van der Waals surface area contributed by atoms with Crippen molar-refractivity contribution in [2.75, 3.05) is 14.2 Å². The standard InChI is InChI=1S/C21H22N4O3/c1-27-19-9-10-20(28-2)17(12-19)13-22-21(26)11-8-18-15-25(24-23-18)14-16-6-4-3-5-7-16/h3-12,15H,13-14H2,1-2H3,(H,22,26)/b11-8+. The molecule has 3 aromatic rings. The van der Waals surface area contributed by atoms with Crippen LogP contribution in [0.15, 0.2) is 60.8 Å². The number of amides is 1. The first kappa shape index (κ1) is 19.2. The topological polar surface area (TPSA) is 78.3 Å². The first-order chi connectivity index (χ1) is 13.7. The van der Waals surface area contributed by atoms with Crippen LogP contribution >= 0.6 is 0 Å². The van der Waals surface area contributed by atoms with E-state index < -0.39 is 0 Å². The quantitative estimate of drug-likeness (QED) is 0.610. The minimum Gasteiger partial charge on any atom is -0.497 e. The van der Waals surface area contributed by atoms with Gasteiger partial charge in [0.15, 0.2) is 0 Å². The van der Waals surface area contributed by atoms with Gasteiger partial charge in [0, 0.05) is 18.2 Å². The zero-order chi connectivity index (χ0) is 19.8. The van der Waals surface area contributed by atoms with Gasteiger partial charge in [-0.05, 0) is 29.8 Å². The average molecular weight is 378 g/mol. The number of carbonyl (C=O) groups excluding carboxylic acids is 1. The number of nitrogens with one attached hydrogen (secondary N) is 1. The van der Waals surface area contributed by atoms with Crippen LogP contribution in [-0.4, -0.2) is 35.1 Å². The van der Waals surface area contributed by atoms with E-state index in [0.29, 0.717) is 30.3 Å². The van der Waals surface area contributed by atoms with E-state index in [9.17, 15) is 4.79 Å². The van der Waals surface area contributed by atoms with E-state index in [4.69, 9.17) is 9.47 Å². The fourth-order valence-corrected chi connectivity index (χ4v) is 2.66. The first-order valence-electron chi connectivity index (χ1n) is 8.79.